The van der Waals surface area contributed by atoms with Gasteiger partial charge in [-0.05, 0) is 46.5 Å². The predicted molar refractivity (Wildman–Crippen MR) is 96.3 cm³/mol. The van der Waals surface area contributed by atoms with Crippen LogP contribution in [0.1, 0.15) is 52.9 Å². The largest absolute Gasteiger partial charge is 0.458 e. The van der Waals surface area contributed by atoms with Crippen molar-refractivity contribution in [2.75, 3.05) is 32.7 Å². The molecule has 1 aliphatic carbocycles. The van der Waals surface area contributed by atoms with Crippen molar-refractivity contribution >= 4 is 17.8 Å². The molecule has 0 unspecified atom stereocenters. The highest BCUT2D eigenvalue weighted by atomic mass is 16.6. The van der Waals surface area contributed by atoms with Gasteiger partial charge < -0.3 is 15.0 Å². The van der Waals surface area contributed by atoms with Crippen LogP contribution in [0.25, 0.3) is 0 Å². The van der Waals surface area contributed by atoms with E-state index in [1.165, 1.54) is 0 Å². The van der Waals surface area contributed by atoms with Gasteiger partial charge in [0.05, 0.1) is 18.9 Å². The van der Waals surface area contributed by atoms with Crippen LogP contribution in [0.2, 0.25) is 0 Å². The van der Waals surface area contributed by atoms with Gasteiger partial charge in [-0.1, -0.05) is 0 Å². The maximum absolute atomic E-state index is 13.0. The van der Waals surface area contributed by atoms with E-state index >= 15 is 0 Å². The van der Waals surface area contributed by atoms with Crippen LogP contribution in [0.5, 0.6) is 0 Å². The fraction of sp³-hybridized carbons (Fsp3) is 0.842. The Kier molecular flexibility index (Phi) is 5.28. The van der Waals surface area contributed by atoms with E-state index in [1.54, 1.807) is 0 Å². The Balaban J connectivity index is 1.52. The number of hydrogen-bond acceptors (Lipinski definition) is 5. The van der Waals surface area contributed by atoms with E-state index < -0.39 is 5.60 Å². The Morgan fingerprint density at radius 2 is 1.77 bits per heavy atom. The molecule has 2 aliphatic heterocycles. The molecule has 3 fully saturated rings. The van der Waals surface area contributed by atoms with Gasteiger partial charge in [-0.25, -0.2) is 0 Å². The van der Waals surface area contributed by atoms with Crippen molar-refractivity contribution < 1.29 is 19.1 Å². The molecular weight excluding hydrogens is 334 g/mol. The second-order valence-electron chi connectivity index (χ2n) is 8.90. The molecular formula is C19H31N3O4. The first-order chi connectivity index (χ1) is 12.2. The van der Waals surface area contributed by atoms with Crippen molar-refractivity contribution in [2.24, 2.45) is 5.92 Å². The number of amides is 2. The Labute approximate surface area is 155 Å². The zero-order valence-electron chi connectivity index (χ0n) is 16.2. The number of esters is 1. The number of rotatable bonds is 3. The first-order valence-electron chi connectivity index (χ1n) is 9.73. The fourth-order valence-electron chi connectivity index (χ4n) is 4.44. The molecule has 1 spiro atoms. The molecule has 3 rings (SSSR count). The summed E-state index contributed by atoms with van der Waals surface area (Å²) in [6.07, 6.45) is 3.87. The van der Waals surface area contributed by atoms with Crippen molar-refractivity contribution in [3.8, 4) is 0 Å². The summed E-state index contributed by atoms with van der Waals surface area (Å²) in [5, 5.41) is 2.97. The molecule has 2 heterocycles. The molecule has 1 N–H and O–H groups in total. The van der Waals surface area contributed by atoms with Gasteiger partial charge in [-0.2, -0.15) is 0 Å². The number of hydrogen-bond donors (Lipinski definition) is 1. The van der Waals surface area contributed by atoms with Gasteiger partial charge in [-0.15, -0.1) is 0 Å². The number of piperazine rings is 1. The minimum atomic E-state index is -0.544. The Bertz CT molecular complexity index is 570. The SMILES string of the molecule is CC(C)(C)NC(=O)CN1CCN(C(=O)[C@@H]2CC(=O)OC23CCCC3)CC1. The molecule has 2 amide bonds. The molecule has 7 heteroatoms. The Hall–Kier alpha value is -1.63. The van der Waals surface area contributed by atoms with E-state index in [9.17, 15) is 14.4 Å². The highest BCUT2D eigenvalue weighted by Crippen LogP contribution is 2.46. The summed E-state index contributed by atoms with van der Waals surface area (Å²) < 4.78 is 5.60. The quantitative estimate of drug-likeness (QED) is 0.753. The molecule has 2 saturated heterocycles. The first kappa shape index (κ1) is 19.1. The van der Waals surface area contributed by atoms with E-state index in [2.05, 4.69) is 10.2 Å². The standard InChI is InChI=1S/C19H31N3O4/c1-18(2,3)20-15(23)13-21-8-10-22(11-9-21)17(25)14-12-16(24)26-19(14)6-4-5-7-19/h14H,4-13H2,1-3H3,(H,20,23)/t14-/m0/s1. The summed E-state index contributed by atoms with van der Waals surface area (Å²) in [5.41, 5.74) is -0.780. The first-order valence-corrected chi connectivity index (χ1v) is 9.73. The lowest BCUT2D eigenvalue weighted by atomic mass is 9.84. The second-order valence-corrected chi connectivity index (χ2v) is 8.90. The third kappa shape index (κ3) is 4.19. The number of nitrogens with one attached hydrogen (secondary N) is 1. The predicted octanol–water partition coefficient (Wildman–Crippen LogP) is 0.921. The molecule has 0 aromatic carbocycles. The lowest BCUT2D eigenvalue weighted by molar-refractivity contribution is -0.152. The van der Waals surface area contributed by atoms with Crippen LogP contribution in [-0.2, 0) is 19.1 Å². The van der Waals surface area contributed by atoms with Crippen molar-refractivity contribution in [1.29, 1.82) is 0 Å². The molecule has 0 bridgehead atoms. The average molecular weight is 365 g/mol. The van der Waals surface area contributed by atoms with Crippen LogP contribution in [0.4, 0.5) is 0 Å². The summed E-state index contributed by atoms with van der Waals surface area (Å²) in [5.74, 6) is -0.496. The summed E-state index contributed by atoms with van der Waals surface area (Å²) in [4.78, 5) is 40.9. The van der Waals surface area contributed by atoms with Gasteiger partial charge in [0.2, 0.25) is 11.8 Å². The highest BCUT2D eigenvalue weighted by molar-refractivity contribution is 5.88. The maximum atomic E-state index is 13.0. The maximum Gasteiger partial charge on any atom is 0.307 e. The average Bonchev–Trinajstić information content (AvgIpc) is 3.12. The van der Waals surface area contributed by atoms with Gasteiger partial charge in [0, 0.05) is 31.7 Å². The van der Waals surface area contributed by atoms with Crippen molar-refractivity contribution in [2.45, 2.75) is 64.0 Å². The molecule has 26 heavy (non-hydrogen) atoms. The van der Waals surface area contributed by atoms with E-state index in [1.807, 2.05) is 25.7 Å². The summed E-state index contributed by atoms with van der Waals surface area (Å²) in [7, 11) is 0. The van der Waals surface area contributed by atoms with Gasteiger partial charge in [0.15, 0.2) is 0 Å². The van der Waals surface area contributed by atoms with E-state index in [0.717, 1.165) is 25.7 Å². The number of carbonyl (C=O) groups is 3. The third-order valence-corrected chi connectivity index (χ3v) is 5.64. The van der Waals surface area contributed by atoms with Crippen molar-refractivity contribution in [1.82, 2.24) is 15.1 Å². The fourth-order valence-corrected chi connectivity index (χ4v) is 4.44. The third-order valence-electron chi connectivity index (χ3n) is 5.64. The Morgan fingerprint density at radius 1 is 1.15 bits per heavy atom. The van der Waals surface area contributed by atoms with Crippen LogP contribution in [-0.4, -0.2) is 71.4 Å². The molecule has 1 saturated carbocycles. The molecule has 1 atom stereocenters. The number of nitrogens with zero attached hydrogens (tertiary/aromatic N) is 2. The molecule has 146 valence electrons. The number of ether oxygens (including phenoxy) is 1. The zero-order chi connectivity index (χ0) is 18.9. The minimum Gasteiger partial charge on any atom is -0.458 e. The number of carbonyl (C=O) groups excluding carboxylic acids is 3. The summed E-state index contributed by atoms with van der Waals surface area (Å²) in [6, 6.07) is 0. The molecule has 7 nitrogen and oxygen atoms in total. The zero-order valence-corrected chi connectivity index (χ0v) is 16.2. The van der Waals surface area contributed by atoms with Crippen LogP contribution < -0.4 is 5.32 Å². The van der Waals surface area contributed by atoms with Crippen molar-refractivity contribution in [3.05, 3.63) is 0 Å². The topological polar surface area (TPSA) is 79.0 Å². The lowest BCUT2D eigenvalue weighted by Gasteiger charge is -2.38. The van der Waals surface area contributed by atoms with E-state index in [4.69, 9.17) is 4.74 Å². The molecule has 0 aromatic rings. The molecule has 3 aliphatic rings. The van der Waals surface area contributed by atoms with E-state index in [0.29, 0.717) is 32.7 Å². The van der Waals surface area contributed by atoms with Crippen LogP contribution in [0.3, 0.4) is 0 Å². The van der Waals surface area contributed by atoms with Gasteiger partial charge >= 0.3 is 5.97 Å². The second kappa shape index (κ2) is 7.18. The van der Waals surface area contributed by atoms with Gasteiger partial charge in [0.1, 0.15) is 5.60 Å². The van der Waals surface area contributed by atoms with Crippen LogP contribution in [0.15, 0.2) is 0 Å². The van der Waals surface area contributed by atoms with Crippen LogP contribution >= 0.6 is 0 Å². The summed E-state index contributed by atoms with van der Waals surface area (Å²) >= 11 is 0. The normalized spacial score (nSPS) is 26.2. The van der Waals surface area contributed by atoms with Crippen LogP contribution in [0, 0.1) is 5.92 Å². The lowest BCUT2D eigenvalue weighted by Crippen LogP contribution is -2.55. The molecule has 0 aromatic heterocycles. The monoisotopic (exact) mass is 365 g/mol. The van der Waals surface area contributed by atoms with Crippen molar-refractivity contribution in [3.63, 3.8) is 0 Å². The minimum absolute atomic E-state index is 0.0111. The Morgan fingerprint density at radius 3 is 2.35 bits per heavy atom. The highest BCUT2D eigenvalue weighted by Gasteiger charge is 2.54. The molecule has 0 radical (unpaired) electrons. The van der Waals surface area contributed by atoms with E-state index in [-0.39, 0.29) is 35.7 Å². The van der Waals surface area contributed by atoms with Gasteiger partial charge in [-0.3, -0.25) is 19.3 Å². The smallest absolute Gasteiger partial charge is 0.307 e. The van der Waals surface area contributed by atoms with Gasteiger partial charge in [0.25, 0.3) is 0 Å². The summed E-state index contributed by atoms with van der Waals surface area (Å²) in [6.45, 7) is 8.80.